The van der Waals surface area contributed by atoms with Crippen LogP contribution in [0.3, 0.4) is 0 Å². The van der Waals surface area contributed by atoms with E-state index in [0.29, 0.717) is 24.9 Å². The molecule has 10 nitrogen and oxygen atoms in total. The van der Waals surface area contributed by atoms with Gasteiger partial charge in [0.1, 0.15) is 17.8 Å². The zero-order chi connectivity index (χ0) is 28.1. The number of carbonyl (C=O) groups excluding carboxylic acids is 3. The number of benzene rings is 2. The number of phosphoric ester groups is 1. The number of hydrogen-bond donors (Lipinski definition) is 3. The van der Waals surface area contributed by atoms with Crippen LogP contribution in [0.4, 0.5) is 5.69 Å². The van der Waals surface area contributed by atoms with Crippen molar-refractivity contribution in [1.82, 2.24) is 10.2 Å². The number of nitrogens with zero attached hydrogens (tertiary/aromatic N) is 2. The second-order valence-electron chi connectivity index (χ2n) is 10.2. The first-order valence-electron chi connectivity index (χ1n) is 12.2. The van der Waals surface area contributed by atoms with Crippen molar-refractivity contribution < 1.29 is 33.3 Å². The van der Waals surface area contributed by atoms with E-state index in [1.165, 1.54) is 36.4 Å². The maximum atomic E-state index is 13.7. The van der Waals surface area contributed by atoms with Crippen LogP contribution in [-0.2, 0) is 18.9 Å². The molecule has 2 aromatic rings. The standard InChI is InChI=1S/C27H34N3O7P/c1-27(2,3)24(28-23(31)17-14-19-12-15-21(16-13-19)37-38(34,35)36)26(33)30-18-8-11-22(30)25(32)29(4)20-9-6-5-7-10-20/h5-7,9-10,12-17,22,24H,8,11,18H2,1-4H3,(H,28,31)(H2,34,35,36)/b17-14+/t22-,24+/m0/s1. The molecule has 0 bridgehead atoms. The molecule has 1 aliphatic rings. The van der Waals surface area contributed by atoms with Crippen molar-refractivity contribution in [2.45, 2.75) is 45.7 Å². The minimum Gasteiger partial charge on any atom is -0.404 e. The lowest BCUT2D eigenvalue weighted by molar-refractivity contribution is -0.142. The Kier molecular flexibility index (Phi) is 9.14. The SMILES string of the molecule is CN(C(=O)[C@@H]1CCCN1C(=O)[C@@H](NC(=O)/C=C/c1ccc(OP(=O)(O)O)cc1)C(C)(C)C)c1ccccc1. The van der Waals surface area contributed by atoms with E-state index in [1.807, 2.05) is 51.1 Å². The number of carbonyl (C=O) groups is 3. The number of likely N-dealkylation sites (N-methyl/N-ethyl adjacent to an activating group) is 1. The summed E-state index contributed by atoms with van der Waals surface area (Å²) in [6.07, 6.45) is 4.03. The summed E-state index contributed by atoms with van der Waals surface area (Å²) in [5, 5.41) is 2.80. The summed E-state index contributed by atoms with van der Waals surface area (Å²) in [6, 6.07) is 13.6. The Labute approximate surface area is 222 Å². The summed E-state index contributed by atoms with van der Waals surface area (Å²) in [5.41, 5.74) is 0.707. The number of anilines is 1. The Morgan fingerprint density at radius 3 is 2.32 bits per heavy atom. The average Bonchev–Trinajstić information content (AvgIpc) is 3.34. The van der Waals surface area contributed by atoms with Crippen LogP contribution in [-0.4, -0.2) is 58.1 Å². The van der Waals surface area contributed by atoms with Crippen LogP contribution in [0.15, 0.2) is 60.7 Å². The van der Waals surface area contributed by atoms with Crippen LogP contribution in [0.2, 0.25) is 0 Å². The van der Waals surface area contributed by atoms with E-state index in [2.05, 4.69) is 9.84 Å². The largest absolute Gasteiger partial charge is 0.524 e. The summed E-state index contributed by atoms with van der Waals surface area (Å²) in [7, 11) is -2.97. The Bertz CT molecular complexity index is 1220. The van der Waals surface area contributed by atoms with Crippen molar-refractivity contribution in [2.24, 2.45) is 5.41 Å². The minimum atomic E-state index is -4.66. The molecule has 38 heavy (non-hydrogen) atoms. The number of nitrogens with one attached hydrogen (secondary N) is 1. The zero-order valence-corrected chi connectivity index (χ0v) is 22.8. The summed E-state index contributed by atoms with van der Waals surface area (Å²) < 4.78 is 15.5. The average molecular weight is 544 g/mol. The summed E-state index contributed by atoms with van der Waals surface area (Å²) >= 11 is 0. The van der Waals surface area contributed by atoms with Gasteiger partial charge in [0.25, 0.3) is 0 Å². The molecule has 1 heterocycles. The Morgan fingerprint density at radius 1 is 1.11 bits per heavy atom. The molecule has 3 rings (SSSR count). The van der Waals surface area contributed by atoms with Crippen LogP contribution in [0, 0.1) is 5.41 Å². The molecule has 0 aromatic heterocycles. The third-order valence-electron chi connectivity index (χ3n) is 6.23. The minimum absolute atomic E-state index is 0.00838. The third kappa shape index (κ3) is 7.77. The molecule has 3 amide bonds. The van der Waals surface area contributed by atoms with Gasteiger partial charge in [0.15, 0.2) is 0 Å². The van der Waals surface area contributed by atoms with Gasteiger partial charge in [0, 0.05) is 25.4 Å². The van der Waals surface area contributed by atoms with E-state index in [4.69, 9.17) is 9.79 Å². The van der Waals surface area contributed by atoms with Crippen LogP contribution >= 0.6 is 7.82 Å². The van der Waals surface area contributed by atoms with E-state index in [9.17, 15) is 18.9 Å². The Morgan fingerprint density at radius 2 is 1.74 bits per heavy atom. The molecule has 1 fully saturated rings. The molecular weight excluding hydrogens is 509 g/mol. The smallest absolute Gasteiger partial charge is 0.404 e. The van der Waals surface area contributed by atoms with Gasteiger partial charge in [-0.25, -0.2) is 4.57 Å². The van der Waals surface area contributed by atoms with Crippen molar-refractivity contribution in [3.05, 3.63) is 66.2 Å². The topological polar surface area (TPSA) is 136 Å². The predicted octanol–water partition coefficient (Wildman–Crippen LogP) is 3.36. The second-order valence-corrected chi connectivity index (χ2v) is 11.4. The van der Waals surface area contributed by atoms with Gasteiger partial charge in [-0.15, -0.1) is 0 Å². The molecule has 0 aliphatic carbocycles. The fraction of sp³-hybridized carbons (Fsp3) is 0.370. The number of para-hydroxylation sites is 1. The number of likely N-dealkylation sites (tertiary alicyclic amines) is 1. The maximum absolute atomic E-state index is 13.7. The highest BCUT2D eigenvalue weighted by atomic mass is 31.2. The predicted molar refractivity (Wildman–Crippen MR) is 144 cm³/mol. The second kappa shape index (κ2) is 11.9. The first-order chi connectivity index (χ1) is 17.8. The van der Waals surface area contributed by atoms with Gasteiger partial charge in [0.05, 0.1) is 0 Å². The van der Waals surface area contributed by atoms with Crippen LogP contribution in [0.1, 0.15) is 39.2 Å². The molecule has 1 aliphatic heterocycles. The molecule has 0 radical (unpaired) electrons. The van der Waals surface area contributed by atoms with Gasteiger partial charge in [-0.1, -0.05) is 51.1 Å². The highest BCUT2D eigenvalue weighted by Crippen LogP contribution is 2.37. The van der Waals surface area contributed by atoms with E-state index in [0.717, 1.165) is 5.69 Å². The molecule has 0 spiro atoms. The maximum Gasteiger partial charge on any atom is 0.524 e. The zero-order valence-electron chi connectivity index (χ0n) is 21.9. The molecular formula is C27H34N3O7P. The van der Waals surface area contributed by atoms with Crippen molar-refractivity contribution >= 4 is 37.3 Å². The summed E-state index contributed by atoms with van der Waals surface area (Å²) in [6.45, 7) is 5.98. The van der Waals surface area contributed by atoms with Gasteiger partial charge in [0.2, 0.25) is 17.7 Å². The lowest BCUT2D eigenvalue weighted by Gasteiger charge is -2.36. The van der Waals surface area contributed by atoms with Gasteiger partial charge < -0.3 is 19.6 Å². The van der Waals surface area contributed by atoms with E-state index in [1.54, 1.807) is 16.8 Å². The molecule has 0 unspecified atom stereocenters. The van der Waals surface area contributed by atoms with Crippen LogP contribution < -0.4 is 14.7 Å². The third-order valence-corrected chi connectivity index (χ3v) is 6.67. The normalized spacial score (nSPS) is 16.8. The van der Waals surface area contributed by atoms with Crippen LogP contribution in [0.5, 0.6) is 5.75 Å². The molecule has 2 atom stereocenters. The van der Waals surface area contributed by atoms with Crippen molar-refractivity contribution in [2.75, 3.05) is 18.5 Å². The Hall–Kier alpha value is -3.46. The van der Waals surface area contributed by atoms with E-state index >= 15 is 0 Å². The van der Waals surface area contributed by atoms with Gasteiger partial charge in [-0.3, -0.25) is 24.2 Å². The lowest BCUT2D eigenvalue weighted by Crippen LogP contribution is -2.57. The van der Waals surface area contributed by atoms with Gasteiger partial charge in [-0.2, -0.15) is 0 Å². The monoisotopic (exact) mass is 543 g/mol. The molecule has 0 saturated carbocycles. The molecule has 2 aromatic carbocycles. The highest BCUT2D eigenvalue weighted by molar-refractivity contribution is 7.46. The lowest BCUT2D eigenvalue weighted by atomic mass is 9.85. The number of rotatable bonds is 8. The number of amides is 3. The number of hydrogen-bond acceptors (Lipinski definition) is 5. The number of phosphoric acid groups is 1. The van der Waals surface area contributed by atoms with Crippen molar-refractivity contribution in [3.63, 3.8) is 0 Å². The first-order valence-corrected chi connectivity index (χ1v) is 13.8. The van der Waals surface area contributed by atoms with Gasteiger partial charge >= 0.3 is 7.82 Å². The summed E-state index contributed by atoms with van der Waals surface area (Å²) in [5.74, 6) is -0.981. The van der Waals surface area contributed by atoms with Gasteiger partial charge in [-0.05, 0) is 54.2 Å². The molecule has 204 valence electrons. The molecule has 1 saturated heterocycles. The quantitative estimate of drug-likeness (QED) is 0.343. The van der Waals surface area contributed by atoms with Crippen molar-refractivity contribution in [1.29, 1.82) is 0 Å². The fourth-order valence-corrected chi connectivity index (χ4v) is 4.64. The Balaban J connectivity index is 1.70. The first kappa shape index (κ1) is 29.1. The van der Waals surface area contributed by atoms with E-state index in [-0.39, 0.29) is 17.6 Å². The highest BCUT2D eigenvalue weighted by Gasteiger charge is 2.42. The fourth-order valence-electron chi connectivity index (χ4n) is 4.24. The van der Waals surface area contributed by atoms with E-state index < -0.39 is 31.2 Å². The van der Waals surface area contributed by atoms with Crippen molar-refractivity contribution in [3.8, 4) is 5.75 Å². The summed E-state index contributed by atoms with van der Waals surface area (Å²) in [4.78, 5) is 60.6. The molecule has 11 heteroatoms. The van der Waals surface area contributed by atoms with Crippen LogP contribution in [0.25, 0.3) is 6.08 Å². The molecule has 3 N–H and O–H groups in total.